The van der Waals surface area contributed by atoms with E-state index in [2.05, 4.69) is 5.32 Å². The van der Waals surface area contributed by atoms with Crippen molar-refractivity contribution in [2.75, 3.05) is 31.1 Å². The van der Waals surface area contributed by atoms with Gasteiger partial charge in [-0.05, 0) is 12.3 Å². The normalized spacial score (nSPS) is 19.9. The summed E-state index contributed by atoms with van der Waals surface area (Å²) in [6, 6.07) is -0.314. The van der Waals surface area contributed by atoms with Crippen molar-refractivity contribution in [1.29, 1.82) is 0 Å². The van der Waals surface area contributed by atoms with Crippen LogP contribution >= 0.6 is 0 Å². The molecule has 1 aliphatic rings. The predicted molar refractivity (Wildman–Crippen MR) is 74.3 cm³/mol. The quantitative estimate of drug-likeness (QED) is 0.761. The van der Waals surface area contributed by atoms with Crippen molar-refractivity contribution in [3.8, 4) is 0 Å². The molecule has 1 atom stereocenters. The van der Waals surface area contributed by atoms with Crippen LogP contribution in [0.15, 0.2) is 0 Å². The molecule has 0 aromatic carbocycles. The van der Waals surface area contributed by atoms with E-state index in [9.17, 15) is 18.0 Å². The summed E-state index contributed by atoms with van der Waals surface area (Å²) in [6.07, 6.45) is 1.13. The van der Waals surface area contributed by atoms with Gasteiger partial charge >= 0.3 is 12.0 Å². The predicted octanol–water partition coefficient (Wildman–Crippen LogP) is 0.317. The lowest BCUT2D eigenvalue weighted by Crippen LogP contribution is -2.43. The van der Waals surface area contributed by atoms with Gasteiger partial charge in [0.2, 0.25) is 0 Å². The zero-order valence-electron chi connectivity index (χ0n) is 11.7. The van der Waals surface area contributed by atoms with Crippen LogP contribution in [-0.4, -0.2) is 61.6 Å². The Morgan fingerprint density at radius 2 is 2.00 bits per heavy atom. The van der Waals surface area contributed by atoms with E-state index in [1.54, 1.807) is 0 Å². The van der Waals surface area contributed by atoms with Crippen LogP contribution in [0.4, 0.5) is 4.79 Å². The Balaban J connectivity index is 2.44. The summed E-state index contributed by atoms with van der Waals surface area (Å²) in [6.45, 7) is 2.79. The third kappa shape index (κ3) is 5.77. The van der Waals surface area contributed by atoms with E-state index in [0.717, 1.165) is 0 Å². The number of rotatable bonds is 5. The van der Waals surface area contributed by atoms with Crippen molar-refractivity contribution in [3.63, 3.8) is 0 Å². The summed E-state index contributed by atoms with van der Waals surface area (Å²) in [5.41, 5.74) is 0. The number of aliphatic carboxylic acids is 1. The van der Waals surface area contributed by atoms with Gasteiger partial charge in [-0.1, -0.05) is 13.3 Å². The summed E-state index contributed by atoms with van der Waals surface area (Å²) in [5, 5.41) is 11.4. The number of carbonyl (C=O) groups excluding carboxylic acids is 1. The first kappa shape index (κ1) is 16.7. The molecule has 1 aliphatic heterocycles. The maximum Gasteiger partial charge on any atom is 0.317 e. The number of nitrogens with one attached hydrogen (secondary N) is 1. The third-order valence-electron chi connectivity index (χ3n) is 3.43. The first-order valence-electron chi connectivity index (χ1n) is 6.79. The number of urea groups is 1. The van der Waals surface area contributed by atoms with Gasteiger partial charge in [0.05, 0.1) is 11.5 Å². The van der Waals surface area contributed by atoms with Gasteiger partial charge in [-0.25, -0.2) is 13.2 Å². The summed E-state index contributed by atoms with van der Waals surface area (Å²) in [5.74, 6) is -0.876. The highest BCUT2D eigenvalue weighted by atomic mass is 32.2. The zero-order valence-corrected chi connectivity index (χ0v) is 12.5. The Kier molecular flexibility index (Phi) is 6.25. The average Bonchev–Trinajstić information content (AvgIpc) is 2.54. The number of carboxylic acids is 1. The second kappa shape index (κ2) is 7.47. The summed E-state index contributed by atoms with van der Waals surface area (Å²) >= 11 is 0. The minimum absolute atomic E-state index is 0.00719. The van der Waals surface area contributed by atoms with Gasteiger partial charge in [0.25, 0.3) is 0 Å². The number of nitrogens with zero attached hydrogens (tertiary/aromatic N) is 1. The molecular weight excluding hydrogens is 284 g/mol. The molecule has 0 radical (unpaired) electrons. The first-order chi connectivity index (χ1) is 9.34. The highest BCUT2D eigenvalue weighted by Crippen LogP contribution is 2.08. The number of carbonyl (C=O) groups is 2. The lowest BCUT2D eigenvalue weighted by molar-refractivity contribution is -0.138. The molecule has 20 heavy (non-hydrogen) atoms. The standard InChI is InChI=1S/C12H22N2O5S/c1-2-10(8-11(15)16)9-13-12(17)14-4-3-6-20(18,19)7-5-14/h10H,2-9H2,1H3,(H,13,17)(H,15,16). The molecule has 116 valence electrons. The van der Waals surface area contributed by atoms with Crippen LogP contribution < -0.4 is 5.32 Å². The summed E-state index contributed by atoms with van der Waals surface area (Å²) < 4.78 is 22.9. The van der Waals surface area contributed by atoms with E-state index in [0.29, 0.717) is 25.9 Å². The topological polar surface area (TPSA) is 104 Å². The second-order valence-corrected chi connectivity index (χ2v) is 7.35. The highest BCUT2D eigenvalue weighted by molar-refractivity contribution is 7.91. The summed E-state index contributed by atoms with van der Waals surface area (Å²) in [4.78, 5) is 24.1. The molecule has 1 fully saturated rings. The minimum atomic E-state index is -3.04. The second-order valence-electron chi connectivity index (χ2n) is 5.05. The van der Waals surface area contributed by atoms with Crippen LogP contribution in [0.2, 0.25) is 0 Å². The molecule has 7 nitrogen and oxygen atoms in total. The lowest BCUT2D eigenvalue weighted by atomic mass is 10.0. The number of hydrogen-bond donors (Lipinski definition) is 2. The van der Waals surface area contributed by atoms with Crippen molar-refractivity contribution >= 4 is 21.8 Å². The van der Waals surface area contributed by atoms with Crippen molar-refractivity contribution in [2.45, 2.75) is 26.2 Å². The molecular formula is C12H22N2O5S. The van der Waals surface area contributed by atoms with Crippen LogP contribution in [0.25, 0.3) is 0 Å². The van der Waals surface area contributed by atoms with Crippen molar-refractivity contribution < 1.29 is 23.1 Å². The molecule has 1 rings (SSSR count). The van der Waals surface area contributed by atoms with Crippen molar-refractivity contribution in [3.05, 3.63) is 0 Å². The molecule has 1 unspecified atom stereocenters. The maximum atomic E-state index is 11.9. The molecule has 1 heterocycles. The Morgan fingerprint density at radius 3 is 2.60 bits per heavy atom. The van der Waals surface area contributed by atoms with Gasteiger partial charge < -0.3 is 15.3 Å². The first-order valence-corrected chi connectivity index (χ1v) is 8.61. The minimum Gasteiger partial charge on any atom is -0.481 e. The Morgan fingerprint density at radius 1 is 1.30 bits per heavy atom. The van der Waals surface area contributed by atoms with Gasteiger partial charge in [-0.2, -0.15) is 0 Å². The molecule has 2 N–H and O–H groups in total. The third-order valence-corrected chi connectivity index (χ3v) is 5.14. The number of hydrogen-bond acceptors (Lipinski definition) is 4. The Hall–Kier alpha value is -1.31. The fraction of sp³-hybridized carbons (Fsp3) is 0.833. The summed E-state index contributed by atoms with van der Waals surface area (Å²) in [7, 11) is -3.04. The number of carboxylic acid groups (broad SMARTS) is 1. The van der Waals surface area contributed by atoms with Crippen LogP contribution in [0.1, 0.15) is 26.2 Å². The SMILES string of the molecule is CCC(CNC(=O)N1CCCS(=O)(=O)CC1)CC(=O)O. The smallest absolute Gasteiger partial charge is 0.317 e. The van der Waals surface area contributed by atoms with Crippen LogP contribution in [-0.2, 0) is 14.6 Å². The van der Waals surface area contributed by atoms with Crippen LogP contribution in [0, 0.1) is 5.92 Å². The molecule has 8 heteroatoms. The molecule has 0 aliphatic carbocycles. The van der Waals surface area contributed by atoms with E-state index in [1.807, 2.05) is 6.92 Å². The van der Waals surface area contributed by atoms with Gasteiger partial charge in [0.1, 0.15) is 0 Å². The fourth-order valence-electron chi connectivity index (χ4n) is 2.09. The Bertz CT molecular complexity index is 449. The number of sulfone groups is 1. The van der Waals surface area contributed by atoms with Gasteiger partial charge in [0.15, 0.2) is 9.84 Å². The van der Waals surface area contributed by atoms with Crippen LogP contribution in [0.3, 0.4) is 0 Å². The van der Waals surface area contributed by atoms with E-state index < -0.39 is 15.8 Å². The molecule has 0 aromatic heterocycles. The highest BCUT2D eigenvalue weighted by Gasteiger charge is 2.23. The van der Waals surface area contributed by atoms with Crippen molar-refractivity contribution in [1.82, 2.24) is 10.2 Å². The zero-order chi connectivity index (χ0) is 15.2. The van der Waals surface area contributed by atoms with Gasteiger partial charge in [-0.15, -0.1) is 0 Å². The Labute approximate surface area is 119 Å². The maximum absolute atomic E-state index is 11.9. The average molecular weight is 306 g/mol. The molecule has 0 saturated carbocycles. The molecule has 0 bridgehead atoms. The molecule has 0 spiro atoms. The van der Waals surface area contributed by atoms with Crippen molar-refractivity contribution in [2.24, 2.45) is 5.92 Å². The molecule has 0 aromatic rings. The van der Waals surface area contributed by atoms with E-state index >= 15 is 0 Å². The monoisotopic (exact) mass is 306 g/mol. The van der Waals surface area contributed by atoms with E-state index in [-0.39, 0.29) is 36.4 Å². The molecule has 1 saturated heterocycles. The number of amides is 2. The van der Waals surface area contributed by atoms with Gasteiger partial charge in [0, 0.05) is 26.1 Å². The molecule has 2 amide bonds. The van der Waals surface area contributed by atoms with E-state index in [4.69, 9.17) is 5.11 Å². The van der Waals surface area contributed by atoms with Gasteiger partial charge in [-0.3, -0.25) is 4.79 Å². The van der Waals surface area contributed by atoms with E-state index in [1.165, 1.54) is 4.90 Å². The lowest BCUT2D eigenvalue weighted by Gasteiger charge is -2.22. The fourth-order valence-corrected chi connectivity index (χ4v) is 3.36. The van der Waals surface area contributed by atoms with Crippen LogP contribution in [0.5, 0.6) is 0 Å². The largest absolute Gasteiger partial charge is 0.481 e.